The molecule has 0 aliphatic heterocycles. The third kappa shape index (κ3) is 1.43. The van der Waals surface area contributed by atoms with Crippen LogP contribution in [0.1, 0.15) is 33.1 Å². The Morgan fingerprint density at radius 1 is 1.67 bits per heavy atom. The zero-order chi connectivity index (χ0) is 6.91. The van der Waals surface area contributed by atoms with Gasteiger partial charge in [-0.1, -0.05) is 6.92 Å². The average molecular weight is 129 g/mol. The van der Waals surface area contributed by atoms with Gasteiger partial charge in [-0.15, -0.1) is 0 Å². The van der Waals surface area contributed by atoms with Crippen LogP contribution in [0.25, 0.3) is 0 Å². The van der Waals surface area contributed by atoms with Gasteiger partial charge in [-0.3, -0.25) is 4.84 Å². The first-order valence-corrected chi connectivity index (χ1v) is 3.54. The van der Waals surface area contributed by atoms with E-state index in [9.17, 15) is 0 Å². The Hall–Kier alpha value is -0.0800. The second-order valence-electron chi connectivity index (χ2n) is 3.42. The molecule has 0 saturated heterocycles. The molecule has 2 atom stereocenters. The highest BCUT2D eigenvalue weighted by molar-refractivity contribution is 4.84. The van der Waals surface area contributed by atoms with Gasteiger partial charge in [0.15, 0.2) is 0 Å². The highest BCUT2D eigenvalue weighted by Crippen LogP contribution is 2.35. The molecule has 1 aliphatic carbocycles. The van der Waals surface area contributed by atoms with Crippen molar-refractivity contribution in [2.75, 3.05) is 0 Å². The zero-order valence-electron chi connectivity index (χ0n) is 6.18. The molecule has 0 spiro atoms. The largest absolute Gasteiger partial charge is 0.298 e. The van der Waals surface area contributed by atoms with Gasteiger partial charge in [0.25, 0.3) is 0 Å². The summed E-state index contributed by atoms with van der Waals surface area (Å²) in [5, 5.41) is 0. The first-order chi connectivity index (χ1) is 4.16. The summed E-state index contributed by atoms with van der Waals surface area (Å²) in [5.41, 5.74) is -0.0145. The lowest BCUT2D eigenvalue weighted by Gasteiger charge is -2.19. The van der Waals surface area contributed by atoms with Gasteiger partial charge in [-0.25, -0.2) is 5.90 Å². The minimum Gasteiger partial charge on any atom is -0.298 e. The van der Waals surface area contributed by atoms with Crippen molar-refractivity contribution in [3.8, 4) is 0 Å². The molecule has 1 fully saturated rings. The standard InChI is InChI=1S/C7H15NO/c1-6-3-4-7(2,5-6)9-8/h6H,3-5,8H2,1-2H3. The summed E-state index contributed by atoms with van der Waals surface area (Å²) in [6.07, 6.45) is 3.49. The van der Waals surface area contributed by atoms with Crippen molar-refractivity contribution in [1.82, 2.24) is 0 Å². The number of rotatable bonds is 1. The SMILES string of the molecule is CC1CCC(C)(ON)C1. The molecule has 0 aromatic carbocycles. The minimum atomic E-state index is -0.0145. The van der Waals surface area contributed by atoms with E-state index in [1.54, 1.807) is 0 Å². The van der Waals surface area contributed by atoms with Crippen LogP contribution in [0, 0.1) is 5.92 Å². The van der Waals surface area contributed by atoms with Crippen LogP contribution in [0.15, 0.2) is 0 Å². The highest BCUT2D eigenvalue weighted by Gasteiger charge is 2.33. The van der Waals surface area contributed by atoms with Crippen LogP contribution in [-0.4, -0.2) is 5.60 Å². The molecule has 54 valence electrons. The van der Waals surface area contributed by atoms with E-state index in [4.69, 9.17) is 10.7 Å². The van der Waals surface area contributed by atoms with Gasteiger partial charge < -0.3 is 0 Å². The fourth-order valence-corrected chi connectivity index (χ4v) is 1.60. The average Bonchev–Trinajstić information content (AvgIpc) is 2.13. The summed E-state index contributed by atoms with van der Waals surface area (Å²) >= 11 is 0. The summed E-state index contributed by atoms with van der Waals surface area (Å²) in [7, 11) is 0. The summed E-state index contributed by atoms with van der Waals surface area (Å²) in [6, 6.07) is 0. The van der Waals surface area contributed by atoms with Gasteiger partial charge in [-0.2, -0.15) is 0 Å². The molecule has 0 radical (unpaired) electrons. The van der Waals surface area contributed by atoms with Crippen LogP contribution >= 0.6 is 0 Å². The Morgan fingerprint density at radius 3 is 2.56 bits per heavy atom. The van der Waals surface area contributed by atoms with Crippen molar-refractivity contribution in [2.45, 2.75) is 38.7 Å². The highest BCUT2D eigenvalue weighted by atomic mass is 16.6. The second-order valence-corrected chi connectivity index (χ2v) is 3.42. The maximum absolute atomic E-state index is 5.13. The van der Waals surface area contributed by atoms with Crippen LogP contribution in [-0.2, 0) is 4.84 Å². The second kappa shape index (κ2) is 2.27. The van der Waals surface area contributed by atoms with Gasteiger partial charge in [0.1, 0.15) is 0 Å². The van der Waals surface area contributed by atoms with E-state index in [1.807, 2.05) is 0 Å². The molecule has 9 heavy (non-hydrogen) atoms. The monoisotopic (exact) mass is 129 g/mol. The first-order valence-electron chi connectivity index (χ1n) is 3.54. The molecule has 1 rings (SSSR count). The number of hydrogen-bond donors (Lipinski definition) is 1. The van der Waals surface area contributed by atoms with Crippen LogP contribution in [0.3, 0.4) is 0 Å². The fraction of sp³-hybridized carbons (Fsp3) is 1.00. The Bertz CT molecular complexity index is 105. The predicted octanol–water partition coefficient (Wildman–Crippen LogP) is 1.46. The Balaban J connectivity index is 2.45. The molecule has 0 heterocycles. The van der Waals surface area contributed by atoms with Crippen molar-refractivity contribution in [2.24, 2.45) is 11.8 Å². The molecular formula is C7H15NO. The van der Waals surface area contributed by atoms with Crippen LogP contribution in [0.5, 0.6) is 0 Å². The first kappa shape index (κ1) is 7.03. The van der Waals surface area contributed by atoms with E-state index in [1.165, 1.54) is 6.42 Å². The molecule has 2 heteroatoms. The lowest BCUT2D eigenvalue weighted by Crippen LogP contribution is -2.28. The van der Waals surface area contributed by atoms with Gasteiger partial charge in [-0.05, 0) is 32.1 Å². The maximum atomic E-state index is 5.13. The molecule has 1 saturated carbocycles. The molecule has 2 unspecified atom stereocenters. The topological polar surface area (TPSA) is 35.2 Å². The van der Waals surface area contributed by atoms with E-state index in [0.29, 0.717) is 0 Å². The number of nitrogens with two attached hydrogens (primary N) is 1. The van der Waals surface area contributed by atoms with E-state index in [0.717, 1.165) is 18.8 Å². The van der Waals surface area contributed by atoms with Crippen LogP contribution in [0.4, 0.5) is 0 Å². The molecule has 0 bridgehead atoms. The Labute approximate surface area is 56.3 Å². The molecule has 0 aromatic heterocycles. The van der Waals surface area contributed by atoms with Crippen molar-refractivity contribution in [3.05, 3.63) is 0 Å². The third-order valence-electron chi connectivity index (χ3n) is 2.23. The van der Waals surface area contributed by atoms with Gasteiger partial charge in [0.05, 0.1) is 5.60 Å². The molecule has 0 amide bonds. The Morgan fingerprint density at radius 2 is 2.33 bits per heavy atom. The fourth-order valence-electron chi connectivity index (χ4n) is 1.60. The molecular weight excluding hydrogens is 114 g/mol. The molecule has 0 aromatic rings. The molecule has 1 aliphatic rings. The maximum Gasteiger partial charge on any atom is 0.0868 e. The van der Waals surface area contributed by atoms with E-state index >= 15 is 0 Å². The summed E-state index contributed by atoms with van der Waals surface area (Å²) < 4.78 is 0. The van der Waals surface area contributed by atoms with Crippen LogP contribution < -0.4 is 5.90 Å². The number of hydrogen-bond acceptors (Lipinski definition) is 2. The normalized spacial score (nSPS) is 43.7. The van der Waals surface area contributed by atoms with E-state index in [2.05, 4.69) is 13.8 Å². The van der Waals surface area contributed by atoms with Crippen molar-refractivity contribution in [3.63, 3.8) is 0 Å². The Kier molecular flexibility index (Phi) is 1.78. The third-order valence-corrected chi connectivity index (χ3v) is 2.23. The minimum absolute atomic E-state index is 0.0145. The zero-order valence-corrected chi connectivity index (χ0v) is 6.18. The molecule has 2 nitrogen and oxygen atoms in total. The summed E-state index contributed by atoms with van der Waals surface area (Å²) in [5.74, 6) is 5.92. The van der Waals surface area contributed by atoms with Gasteiger partial charge >= 0.3 is 0 Å². The summed E-state index contributed by atoms with van der Waals surface area (Å²) in [6.45, 7) is 4.32. The smallest absolute Gasteiger partial charge is 0.0868 e. The van der Waals surface area contributed by atoms with Gasteiger partial charge in [0.2, 0.25) is 0 Å². The lowest BCUT2D eigenvalue weighted by molar-refractivity contribution is -0.0305. The van der Waals surface area contributed by atoms with Crippen molar-refractivity contribution < 1.29 is 4.84 Å². The van der Waals surface area contributed by atoms with Crippen molar-refractivity contribution >= 4 is 0 Å². The predicted molar refractivity (Wildman–Crippen MR) is 36.7 cm³/mol. The lowest BCUT2D eigenvalue weighted by atomic mass is 10.0. The molecule has 2 N–H and O–H groups in total. The van der Waals surface area contributed by atoms with E-state index in [-0.39, 0.29) is 5.60 Å². The quantitative estimate of drug-likeness (QED) is 0.544. The van der Waals surface area contributed by atoms with Gasteiger partial charge in [0, 0.05) is 0 Å². The summed E-state index contributed by atoms with van der Waals surface area (Å²) in [4.78, 5) is 4.87. The van der Waals surface area contributed by atoms with E-state index < -0.39 is 0 Å². The van der Waals surface area contributed by atoms with Crippen LogP contribution in [0.2, 0.25) is 0 Å². The van der Waals surface area contributed by atoms with Crippen molar-refractivity contribution in [1.29, 1.82) is 0 Å².